The van der Waals surface area contributed by atoms with Crippen LogP contribution < -0.4 is 4.74 Å². The van der Waals surface area contributed by atoms with E-state index in [9.17, 15) is 10.2 Å². The molecule has 0 heterocycles. The van der Waals surface area contributed by atoms with Gasteiger partial charge < -0.3 is 14.9 Å². The van der Waals surface area contributed by atoms with Gasteiger partial charge in [-0.05, 0) is 75.0 Å². The van der Waals surface area contributed by atoms with Gasteiger partial charge in [0.25, 0.3) is 0 Å². The van der Waals surface area contributed by atoms with Crippen LogP contribution in [-0.4, -0.2) is 22.9 Å². The van der Waals surface area contributed by atoms with Crippen LogP contribution in [0.1, 0.15) is 75.6 Å². The van der Waals surface area contributed by atoms with Crippen molar-refractivity contribution in [2.75, 3.05) is 6.61 Å². The zero-order valence-electron chi connectivity index (χ0n) is 16.6. The van der Waals surface area contributed by atoms with E-state index < -0.39 is 0 Å². The highest BCUT2D eigenvalue weighted by Crippen LogP contribution is 2.38. The maximum Gasteiger partial charge on any atom is 0.126 e. The molecule has 0 fully saturated rings. The van der Waals surface area contributed by atoms with Crippen LogP contribution in [0.2, 0.25) is 0 Å². The van der Waals surface area contributed by atoms with Gasteiger partial charge in [-0.15, -0.1) is 0 Å². The van der Waals surface area contributed by atoms with Gasteiger partial charge in [0, 0.05) is 5.56 Å². The van der Waals surface area contributed by atoms with Gasteiger partial charge in [0.1, 0.15) is 11.5 Å². The monoisotopic (exact) mass is 336 g/mol. The predicted octanol–water partition coefficient (Wildman–Crippen LogP) is 5.23. The second-order valence-corrected chi connectivity index (χ2v) is 8.14. The molecule has 0 aliphatic carbocycles. The molecule has 0 aliphatic rings. The van der Waals surface area contributed by atoms with Gasteiger partial charge in [-0.2, -0.15) is 0 Å². The molecular formula is C21H36O3. The molecule has 1 aromatic rings. The fourth-order valence-electron chi connectivity index (χ4n) is 2.96. The van der Waals surface area contributed by atoms with Crippen LogP contribution in [0.5, 0.6) is 11.5 Å². The van der Waals surface area contributed by atoms with Gasteiger partial charge in [-0.3, -0.25) is 0 Å². The van der Waals surface area contributed by atoms with Crippen molar-refractivity contribution < 1.29 is 14.9 Å². The molecule has 0 saturated heterocycles. The number of aliphatic hydroxyl groups excluding tert-OH is 1. The van der Waals surface area contributed by atoms with Gasteiger partial charge in [-0.25, -0.2) is 0 Å². The Balaban J connectivity index is 2.98. The van der Waals surface area contributed by atoms with E-state index in [1.165, 1.54) is 0 Å². The van der Waals surface area contributed by atoms with Crippen molar-refractivity contribution in [3.05, 3.63) is 22.3 Å². The van der Waals surface area contributed by atoms with E-state index in [4.69, 9.17) is 4.74 Å². The van der Waals surface area contributed by atoms with E-state index in [0.717, 1.165) is 53.7 Å². The van der Waals surface area contributed by atoms with Crippen LogP contribution in [0.4, 0.5) is 0 Å². The van der Waals surface area contributed by atoms with Crippen molar-refractivity contribution in [2.24, 2.45) is 5.41 Å². The van der Waals surface area contributed by atoms with Crippen LogP contribution >= 0.6 is 0 Å². The van der Waals surface area contributed by atoms with Crippen LogP contribution in [0.3, 0.4) is 0 Å². The molecule has 3 heteroatoms. The fraction of sp³-hybridized carbons (Fsp3) is 0.714. The van der Waals surface area contributed by atoms with Crippen LogP contribution in [0, 0.1) is 26.2 Å². The number of phenols is 1. The number of aliphatic hydroxyl groups is 1. The highest BCUT2D eigenvalue weighted by atomic mass is 16.5. The Hall–Kier alpha value is -1.22. The molecule has 1 unspecified atom stereocenters. The molecule has 24 heavy (non-hydrogen) atoms. The Kier molecular flexibility index (Phi) is 7.59. The number of hydrogen-bond acceptors (Lipinski definition) is 3. The van der Waals surface area contributed by atoms with Gasteiger partial charge in [-0.1, -0.05) is 27.7 Å². The molecule has 0 amide bonds. The summed E-state index contributed by atoms with van der Waals surface area (Å²) in [6, 6.07) is 0. The third-order valence-corrected chi connectivity index (χ3v) is 4.86. The Bertz CT molecular complexity index is 541. The largest absolute Gasteiger partial charge is 0.507 e. The average molecular weight is 337 g/mol. The lowest BCUT2D eigenvalue weighted by Crippen LogP contribution is -2.11. The van der Waals surface area contributed by atoms with Gasteiger partial charge in [0.05, 0.1) is 12.7 Å². The number of hydrogen-bond donors (Lipinski definition) is 2. The van der Waals surface area contributed by atoms with E-state index in [-0.39, 0.29) is 6.10 Å². The quantitative estimate of drug-likeness (QED) is 0.639. The SMILES string of the molecule is CCC(O)CCc1c(C)c(O)c(C)c(C)c1OCCCC(C)(C)C. The average Bonchev–Trinajstić information content (AvgIpc) is 2.51. The van der Waals surface area contributed by atoms with Gasteiger partial charge in [0.15, 0.2) is 0 Å². The van der Waals surface area contributed by atoms with Crippen LogP contribution in [0.15, 0.2) is 0 Å². The van der Waals surface area contributed by atoms with Crippen molar-refractivity contribution in [1.29, 1.82) is 0 Å². The summed E-state index contributed by atoms with van der Waals surface area (Å²) in [4.78, 5) is 0. The number of aromatic hydroxyl groups is 1. The van der Waals surface area contributed by atoms with Crippen molar-refractivity contribution in [1.82, 2.24) is 0 Å². The maximum absolute atomic E-state index is 10.4. The molecule has 1 atom stereocenters. The van der Waals surface area contributed by atoms with Gasteiger partial charge >= 0.3 is 0 Å². The van der Waals surface area contributed by atoms with E-state index in [2.05, 4.69) is 20.8 Å². The number of rotatable bonds is 8. The van der Waals surface area contributed by atoms with Crippen molar-refractivity contribution in [3.8, 4) is 11.5 Å². The standard InChI is InChI=1S/C21H36O3/c1-8-17(22)10-11-18-16(4)19(23)14(2)15(3)20(18)24-13-9-12-21(5,6)7/h17,22-23H,8-13H2,1-7H3. The highest BCUT2D eigenvalue weighted by Gasteiger charge is 2.19. The number of ether oxygens (including phenoxy) is 1. The van der Waals surface area contributed by atoms with Crippen LogP contribution in [-0.2, 0) is 6.42 Å². The molecule has 138 valence electrons. The molecule has 0 bridgehead atoms. The van der Waals surface area contributed by atoms with Crippen LogP contribution in [0.25, 0.3) is 0 Å². The third-order valence-electron chi connectivity index (χ3n) is 4.86. The smallest absolute Gasteiger partial charge is 0.126 e. The minimum Gasteiger partial charge on any atom is -0.507 e. The Morgan fingerprint density at radius 2 is 1.67 bits per heavy atom. The first kappa shape index (κ1) is 20.8. The lowest BCUT2D eigenvalue weighted by Gasteiger charge is -2.22. The van der Waals surface area contributed by atoms with E-state index in [1.807, 2.05) is 27.7 Å². The second-order valence-electron chi connectivity index (χ2n) is 8.14. The summed E-state index contributed by atoms with van der Waals surface area (Å²) >= 11 is 0. The summed E-state index contributed by atoms with van der Waals surface area (Å²) in [5.74, 6) is 1.26. The zero-order valence-corrected chi connectivity index (χ0v) is 16.6. The fourth-order valence-corrected chi connectivity index (χ4v) is 2.96. The van der Waals surface area contributed by atoms with E-state index in [0.29, 0.717) is 24.2 Å². The highest BCUT2D eigenvalue weighted by molar-refractivity contribution is 5.57. The van der Waals surface area contributed by atoms with Gasteiger partial charge in [0.2, 0.25) is 0 Å². The molecule has 2 N–H and O–H groups in total. The van der Waals surface area contributed by atoms with E-state index >= 15 is 0 Å². The number of benzene rings is 1. The molecule has 0 aliphatic heterocycles. The molecular weight excluding hydrogens is 300 g/mol. The Labute approximate surface area is 148 Å². The zero-order chi connectivity index (χ0) is 18.5. The summed E-state index contributed by atoms with van der Waals surface area (Å²) in [5, 5.41) is 20.3. The molecule has 0 saturated carbocycles. The molecule has 0 aromatic heterocycles. The normalized spacial score (nSPS) is 13.2. The third kappa shape index (κ3) is 5.70. The molecule has 1 aromatic carbocycles. The second kappa shape index (κ2) is 8.75. The molecule has 0 radical (unpaired) electrons. The first-order valence-electron chi connectivity index (χ1n) is 9.21. The number of phenolic OH excluding ortho intramolecular Hbond substituents is 1. The molecule has 0 spiro atoms. The summed E-state index contributed by atoms with van der Waals surface area (Å²) in [5.41, 5.74) is 4.13. The van der Waals surface area contributed by atoms with Crippen molar-refractivity contribution in [3.63, 3.8) is 0 Å². The Morgan fingerprint density at radius 3 is 2.21 bits per heavy atom. The minimum atomic E-state index is -0.304. The summed E-state index contributed by atoms with van der Waals surface area (Å²) < 4.78 is 6.15. The van der Waals surface area contributed by atoms with Crippen molar-refractivity contribution in [2.45, 2.75) is 86.7 Å². The lowest BCUT2D eigenvalue weighted by atomic mass is 9.91. The maximum atomic E-state index is 10.4. The topological polar surface area (TPSA) is 49.7 Å². The summed E-state index contributed by atoms with van der Waals surface area (Å²) in [6.07, 6.45) is 3.99. The Morgan fingerprint density at radius 1 is 1.04 bits per heavy atom. The predicted molar refractivity (Wildman–Crippen MR) is 101 cm³/mol. The van der Waals surface area contributed by atoms with E-state index in [1.54, 1.807) is 0 Å². The molecule has 3 nitrogen and oxygen atoms in total. The summed E-state index contributed by atoms with van der Waals surface area (Å²) in [6.45, 7) is 15.3. The first-order chi connectivity index (χ1) is 11.1. The lowest BCUT2D eigenvalue weighted by molar-refractivity contribution is 0.160. The molecule has 1 rings (SSSR count). The summed E-state index contributed by atoms with van der Waals surface area (Å²) in [7, 11) is 0. The minimum absolute atomic E-state index is 0.304. The first-order valence-corrected chi connectivity index (χ1v) is 9.21. The van der Waals surface area contributed by atoms with Crippen molar-refractivity contribution >= 4 is 0 Å².